The van der Waals surface area contributed by atoms with E-state index in [0.29, 0.717) is 0 Å². The summed E-state index contributed by atoms with van der Waals surface area (Å²) in [6.45, 7) is 2.44. The second kappa shape index (κ2) is 5.06. The number of hydrogen-bond acceptors (Lipinski definition) is 5. The van der Waals surface area contributed by atoms with Crippen LogP contribution in [-0.2, 0) is 0 Å². The Hall–Kier alpha value is -1.20. The molecule has 1 saturated carbocycles. The fraction of sp³-hybridized carbons (Fsp3) is 0.571. The first-order valence-corrected chi connectivity index (χ1v) is 7.68. The van der Waals surface area contributed by atoms with Crippen LogP contribution in [0, 0.1) is 5.92 Å². The highest BCUT2D eigenvalue weighted by molar-refractivity contribution is 7.16. The van der Waals surface area contributed by atoms with Gasteiger partial charge in [0.2, 0.25) is 0 Å². The van der Waals surface area contributed by atoms with Crippen molar-refractivity contribution in [3.05, 3.63) is 17.8 Å². The van der Waals surface area contributed by atoms with Crippen molar-refractivity contribution >= 4 is 27.4 Å². The van der Waals surface area contributed by atoms with E-state index in [9.17, 15) is 5.11 Å². The number of rotatable bonds is 3. The van der Waals surface area contributed by atoms with Crippen molar-refractivity contribution < 1.29 is 5.11 Å². The summed E-state index contributed by atoms with van der Waals surface area (Å²) in [6, 6.07) is 2.04. The maximum Gasteiger partial charge on any atom is 0.138 e. The molecular weight excluding hydrogens is 258 g/mol. The van der Waals surface area contributed by atoms with Gasteiger partial charge in [0.05, 0.1) is 17.5 Å². The zero-order valence-corrected chi connectivity index (χ0v) is 11.9. The van der Waals surface area contributed by atoms with E-state index in [1.54, 1.807) is 17.7 Å². The first-order chi connectivity index (χ1) is 9.22. The predicted molar refractivity (Wildman–Crippen MR) is 78.5 cm³/mol. The summed E-state index contributed by atoms with van der Waals surface area (Å²) >= 11 is 1.62. The number of aliphatic hydroxyl groups excluding tert-OH is 1. The van der Waals surface area contributed by atoms with Gasteiger partial charge in [0, 0.05) is 0 Å². The molecule has 0 bridgehead atoms. The molecular formula is C14H19N3OS. The van der Waals surface area contributed by atoms with Crippen molar-refractivity contribution in [3.63, 3.8) is 0 Å². The van der Waals surface area contributed by atoms with E-state index in [4.69, 9.17) is 0 Å². The van der Waals surface area contributed by atoms with Crippen molar-refractivity contribution in [3.8, 4) is 0 Å². The van der Waals surface area contributed by atoms with Crippen molar-refractivity contribution in [1.29, 1.82) is 0 Å². The largest absolute Gasteiger partial charge is 0.394 e. The molecule has 0 saturated heterocycles. The Kier molecular flexibility index (Phi) is 3.41. The maximum absolute atomic E-state index is 9.81. The van der Waals surface area contributed by atoms with E-state index >= 15 is 0 Å². The van der Waals surface area contributed by atoms with Gasteiger partial charge in [0.1, 0.15) is 17.0 Å². The van der Waals surface area contributed by atoms with Gasteiger partial charge in [-0.3, -0.25) is 0 Å². The number of thiophene rings is 1. The van der Waals surface area contributed by atoms with E-state index in [2.05, 4.69) is 22.2 Å². The van der Waals surface area contributed by atoms with Gasteiger partial charge in [-0.15, -0.1) is 11.3 Å². The van der Waals surface area contributed by atoms with Crippen molar-refractivity contribution in [2.75, 3.05) is 11.9 Å². The van der Waals surface area contributed by atoms with Crippen LogP contribution in [0.25, 0.3) is 10.2 Å². The summed E-state index contributed by atoms with van der Waals surface area (Å²) in [6.07, 6.45) is 5.91. The number of hydrogen-bond donors (Lipinski definition) is 2. The van der Waals surface area contributed by atoms with Crippen LogP contribution in [0.2, 0.25) is 0 Å². The smallest absolute Gasteiger partial charge is 0.138 e. The van der Waals surface area contributed by atoms with Crippen LogP contribution in [-0.4, -0.2) is 27.2 Å². The molecule has 2 aromatic rings. The lowest BCUT2D eigenvalue weighted by molar-refractivity contribution is 0.155. The predicted octanol–water partition coefficient (Wildman–Crippen LogP) is 3.04. The summed E-state index contributed by atoms with van der Waals surface area (Å²) in [5, 5.41) is 16.4. The van der Waals surface area contributed by atoms with Gasteiger partial charge in [0.25, 0.3) is 0 Å². The molecule has 2 N–H and O–H groups in total. The topological polar surface area (TPSA) is 58.0 Å². The number of aromatic nitrogens is 2. The van der Waals surface area contributed by atoms with Crippen LogP contribution in [0.3, 0.4) is 0 Å². The molecule has 1 aliphatic carbocycles. The summed E-state index contributed by atoms with van der Waals surface area (Å²) in [7, 11) is 0. The Balaban J connectivity index is 1.88. The first kappa shape index (κ1) is 12.8. The Labute approximate surface area is 116 Å². The van der Waals surface area contributed by atoms with E-state index in [1.807, 2.05) is 11.4 Å². The van der Waals surface area contributed by atoms with E-state index < -0.39 is 0 Å². The molecule has 1 aliphatic rings. The Morgan fingerprint density at radius 3 is 2.95 bits per heavy atom. The monoisotopic (exact) mass is 277 g/mol. The summed E-state index contributed by atoms with van der Waals surface area (Å²) in [4.78, 5) is 9.61. The summed E-state index contributed by atoms with van der Waals surface area (Å²) in [5.74, 6) is 1.61. The molecule has 3 rings (SSSR count). The van der Waals surface area contributed by atoms with Gasteiger partial charge in [-0.25, -0.2) is 9.97 Å². The van der Waals surface area contributed by atoms with Gasteiger partial charge >= 0.3 is 0 Å². The van der Waals surface area contributed by atoms with Crippen LogP contribution < -0.4 is 5.32 Å². The highest BCUT2D eigenvalue weighted by Gasteiger charge is 2.34. The lowest BCUT2D eigenvalue weighted by Crippen LogP contribution is -2.45. The molecule has 0 aliphatic heterocycles. The lowest BCUT2D eigenvalue weighted by Gasteiger charge is -2.39. The van der Waals surface area contributed by atoms with E-state index in [-0.39, 0.29) is 12.1 Å². The van der Waals surface area contributed by atoms with E-state index in [0.717, 1.165) is 47.6 Å². The maximum atomic E-state index is 9.81. The molecule has 4 nitrogen and oxygen atoms in total. The normalized spacial score (nSPS) is 27.6. The van der Waals surface area contributed by atoms with Gasteiger partial charge in [-0.2, -0.15) is 0 Å². The summed E-state index contributed by atoms with van der Waals surface area (Å²) in [5.41, 5.74) is -0.213. The molecule has 0 unspecified atom stereocenters. The Bertz CT molecular complexity index is 561. The average Bonchev–Trinajstić information content (AvgIpc) is 2.91. The summed E-state index contributed by atoms with van der Waals surface area (Å²) < 4.78 is 0. The Morgan fingerprint density at radius 2 is 2.21 bits per heavy atom. The second-order valence-electron chi connectivity index (χ2n) is 5.61. The highest BCUT2D eigenvalue weighted by atomic mass is 32.1. The van der Waals surface area contributed by atoms with Crippen LogP contribution in [0.5, 0.6) is 0 Å². The lowest BCUT2D eigenvalue weighted by atomic mass is 9.77. The Morgan fingerprint density at radius 1 is 1.42 bits per heavy atom. The molecule has 2 aromatic heterocycles. The molecule has 2 heterocycles. The third kappa shape index (κ3) is 2.44. The number of aliphatic hydroxyl groups is 1. The van der Waals surface area contributed by atoms with Crippen LogP contribution in [0.1, 0.15) is 32.6 Å². The standard InChI is InChI=1S/C14H19N3OS/c1-10-2-5-14(8-18,6-3-10)17-12-11-4-7-19-13(11)16-9-15-12/h4,7,9-10,18H,2-3,5-6,8H2,1H3,(H,15,16,17). The van der Waals surface area contributed by atoms with Crippen LogP contribution in [0.15, 0.2) is 17.8 Å². The van der Waals surface area contributed by atoms with Gasteiger partial charge in [-0.05, 0) is 43.0 Å². The highest BCUT2D eigenvalue weighted by Crippen LogP contribution is 2.35. The van der Waals surface area contributed by atoms with Crippen molar-refractivity contribution in [2.45, 2.75) is 38.1 Å². The second-order valence-corrected chi connectivity index (χ2v) is 6.50. The van der Waals surface area contributed by atoms with Crippen LogP contribution in [0.4, 0.5) is 5.82 Å². The van der Waals surface area contributed by atoms with Crippen molar-refractivity contribution in [2.24, 2.45) is 5.92 Å². The van der Waals surface area contributed by atoms with E-state index in [1.165, 1.54) is 0 Å². The quantitative estimate of drug-likeness (QED) is 0.905. The average molecular weight is 277 g/mol. The first-order valence-electron chi connectivity index (χ1n) is 6.80. The van der Waals surface area contributed by atoms with Gasteiger partial charge in [0.15, 0.2) is 0 Å². The molecule has 19 heavy (non-hydrogen) atoms. The third-order valence-electron chi connectivity index (χ3n) is 4.18. The minimum absolute atomic E-state index is 0.162. The number of nitrogens with one attached hydrogen (secondary N) is 1. The fourth-order valence-corrected chi connectivity index (χ4v) is 3.51. The van der Waals surface area contributed by atoms with Crippen molar-refractivity contribution in [1.82, 2.24) is 9.97 Å². The number of anilines is 1. The third-order valence-corrected chi connectivity index (χ3v) is 5.00. The SMILES string of the molecule is CC1CCC(CO)(Nc2ncnc3sccc23)CC1. The zero-order valence-electron chi connectivity index (χ0n) is 11.1. The molecule has 0 radical (unpaired) electrons. The molecule has 0 atom stereocenters. The number of nitrogens with zero attached hydrogens (tertiary/aromatic N) is 2. The molecule has 0 aromatic carbocycles. The van der Waals surface area contributed by atoms with Crippen LogP contribution >= 0.6 is 11.3 Å². The minimum Gasteiger partial charge on any atom is -0.394 e. The zero-order chi connectivity index (χ0) is 13.3. The minimum atomic E-state index is -0.213. The molecule has 0 spiro atoms. The molecule has 5 heteroatoms. The molecule has 0 amide bonds. The fourth-order valence-electron chi connectivity index (χ4n) is 2.78. The van der Waals surface area contributed by atoms with Gasteiger partial charge < -0.3 is 10.4 Å². The molecule has 1 fully saturated rings. The number of fused-ring (bicyclic) bond motifs is 1. The molecule has 102 valence electrons. The van der Waals surface area contributed by atoms with Gasteiger partial charge in [-0.1, -0.05) is 6.92 Å².